The van der Waals surface area contributed by atoms with Crippen molar-refractivity contribution in [3.05, 3.63) is 16.1 Å². The van der Waals surface area contributed by atoms with E-state index in [9.17, 15) is 4.79 Å². The summed E-state index contributed by atoms with van der Waals surface area (Å²) in [5.41, 5.74) is 2.88. The fourth-order valence-corrected chi connectivity index (χ4v) is 2.01. The number of hydrogen-bond donors (Lipinski definition) is 0. The fraction of sp³-hybridized carbons (Fsp3) is 0.600. The number of nitrogens with zero attached hydrogens (tertiary/aromatic N) is 1. The van der Waals surface area contributed by atoms with E-state index in [4.69, 9.17) is 4.74 Å². The molecule has 0 saturated heterocycles. The van der Waals surface area contributed by atoms with Gasteiger partial charge in [0, 0.05) is 11.3 Å². The number of aromatic nitrogens is 1. The van der Waals surface area contributed by atoms with Gasteiger partial charge in [0.05, 0.1) is 23.7 Å². The summed E-state index contributed by atoms with van der Waals surface area (Å²) in [5, 5.41) is 0. The molecular weight excluding hydrogens is 198 g/mol. The topological polar surface area (TPSA) is 39.2 Å². The molecule has 0 aromatic carbocycles. The van der Waals surface area contributed by atoms with Crippen LogP contribution in [0.1, 0.15) is 23.4 Å². The minimum atomic E-state index is -0.0211. The van der Waals surface area contributed by atoms with Crippen LogP contribution in [-0.2, 0) is 16.0 Å². The molecule has 0 aliphatic heterocycles. The fourth-order valence-electron chi connectivity index (χ4n) is 1.25. The third kappa shape index (κ3) is 2.32. The molecule has 76 valence electrons. The van der Waals surface area contributed by atoms with E-state index in [1.807, 2.05) is 12.4 Å². The van der Waals surface area contributed by atoms with Crippen LogP contribution in [0.3, 0.4) is 0 Å². The highest BCUT2D eigenvalue weighted by Crippen LogP contribution is 2.30. The molecule has 14 heavy (non-hydrogen) atoms. The average molecular weight is 211 g/mol. The molecule has 2 rings (SSSR count). The maximum Gasteiger partial charge on any atom is 0.308 e. The van der Waals surface area contributed by atoms with Gasteiger partial charge in [0.15, 0.2) is 0 Å². The van der Waals surface area contributed by atoms with Gasteiger partial charge in [-0.2, -0.15) is 0 Å². The molecule has 1 saturated carbocycles. The summed E-state index contributed by atoms with van der Waals surface area (Å²) in [6.07, 6.45) is 2.83. The van der Waals surface area contributed by atoms with Crippen molar-refractivity contribution in [2.45, 2.75) is 26.2 Å². The van der Waals surface area contributed by atoms with Crippen LogP contribution in [0, 0.1) is 12.8 Å². The zero-order valence-corrected chi connectivity index (χ0v) is 8.97. The molecule has 0 bridgehead atoms. The first-order valence-electron chi connectivity index (χ1n) is 4.83. The molecule has 0 radical (unpaired) electrons. The highest BCUT2D eigenvalue weighted by molar-refractivity contribution is 7.09. The van der Waals surface area contributed by atoms with Crippen molar-refractivity contribution in [1.82, 2.24) is 4.98 Å². The molecule has 4 heteroatoms. The van der Waals surface area contributed by atoms with Crippen molar-refractivity contribution >= 4 is 17.3 Å². The lowest BCUT2D eigenvalue weighted by atomic mass is 10.3. The van der Waals surface area contributed by atoms with Gasteiger partial charge in [-0.1, -0.05) is 0 Å². The van der Waals surface area contributed by atoms with Gasteiger partial charge in [-0.15, -0.1) is 11.3 Å². The molecule has 1 heterocycles. The zero-order chi connectivity index (χ0) is 9.97. The average Bonchev–Trinajstić information content (AvgIpc) is 2.93. The van der Waals surface area contributed by atoms with Crippen molar-refractivity contribution in [3.8, 4) is 0 Å². The molecule has 1 fully saturated rings. The van der Waals surface area contributed by atoms with Crippen LogP contribution in [0.4, 0.5) is 0 Å². The van der Waals surface area contributed by atoms with Crippen LogP contribution in [0.15, 0.2) is 5.51 Å². The highest BCUT2D eigenvalue weighted by Gasteiger charge is 2.31. The van der Waals surface area contributed by atoms with Crippen molar-refractivity contribution < 1.29 is 9.53 Å². The Labute approximate surface area is 87.1 Å². The van der Waals surface area contributed by atoms with Gasteiger partial charge in [-0.3, -0.25) is 4.79 Å². The first-order chi connectivity index (χ1) is 6.77. The van der Waals surface area contributed by atoms with Crippen molar-refractivity contribution in [2.75, 3.05) is 6.61 Å². The Hall–Kier alpha value is -0.900. The minimum absolute atomic E-state index is 0.0211. The standard InChI is InChI=1S/C10H13NO2S/c1-7-9(14-6-11-7)4-5-13-10(12)8-2-3-8/h6,8H,2-5H2,1H3. The lowest BCUT2D eigenvalue weighted by molar-refractivity contribution is -0.145. The quantitative estimate of drug-likeness (QED) is 0.714. The van der Waals surface area contributed by atoms with Gasteiger partial charge in [-0.05, 0) is 19.8 Å². The van der Waals surface area contributed by atoms with Crippen LogP contribution in [-0.4, -0.2) is 17.6 Å². The number of carbonyl (C=O) groups excluding carboxylic acids is 1. The lowest BCUT2D eigenvalue weighted by Crippen LogP contribution is -2.09. The summed E-state index contributed by atoms with van der Waals surface area (Å²) in [6.45, 7) is 2.48. The molecule has 0 unspecified atom stereocenters. The van der Waals surface area contributed by atoms with E-state index < -0.39 is 0 Å². The van der Waals surface area contributed by atoms with Crippen molar-refractivity contribution in [1.29, 1.82) is 0 Å². The third-order valence-corrected chi connectivity index (χ3v) is 3.32. The largest absolute Gasteiger partial charge is 0.465 e. The monoisotopic (exact) mass is 211 g/mol. The van der Waals surface area contributed by atoms with Crippen molar-refractivity contribution in [2.24, 2.45) is 5.92 Å². The summed E-state index contributed by atoms with van der Waals surface area (Å²) in [4.78, 5) is 16.5. The maximum absolute atomic E-state index is 11.2. The summed E-state index contributed by atoms with van der Waals surface area (Å²) >= 11 is 1.62. The first-order valence-corrected chi connectivity index (χ1v) is 5.71. The van der Waals surface area contributed by atoms with E-state index in [1.165, 1.54) is 4.88 Å². The van der Waals surface area contributed by atoms with Gasteiger partial charge < -0.3 is 4.74 Å². The highest BCUT2D eigenvalue weighted by atomic mass is 32.1. The smallest absolute Gasteiger partial charge is 0.308 e. The van der Waals surface area contributed by atoms with E-state index in [2.05, 4.69) is 4.98 Å². The Morgan fingerprint density at radius 3 is 3.07 bits per heavy atom. The second-order valence-electron chi connectivity index (χ2n) is 3.55. The van der Waals surface area contributed by atoms with E-state index in [-0.39, 0.29) is 11.9 Å². The Kier molecular flexibility index (Phi) is 2.82. The molecule has 1 aromatic rings. The number of thiazole rings is 1. The van der Waals surface area contributed by atoms with E-state index in [0.29, 0.717) is 6.61 Å². The van der Waals surface area contributed by atoms with E-state index in [1.54, 1.807) is 11.3 Å². The molecule has 0 spiro atoms. The summed E-state index contributed by atoms with van der Waals surface area (Å²) in [7, 11) is 0. The molecule has 0 amide bonds. The minimum Gasteiger partial charge on any atom is -0.465 e. The Bertz CT molecular complexity index is 331. The lowest BCUT2D eigenvalue weighted by Gasteiger charge is -2.02. The number of carbonyl (C=O) groups is 1. The zero-order valence-electron chi connectivity index (χ0n) is 8.16. The van der Waals surface area contributed by atoms with Crippen LogP contribution in [0.25, 0.3) is 0 Å². The van der Waals surface area contributed by atoms with Gasteiger partial charge in [0.25, 0.3) is 0 Å². The molecule has 0 atom stereocenters. The van der Waals surface area contributed by atoms with Crippen molar-refractivity contribution in [3.63, 3.8) is 0 Å². The van der Waals surface area contributed by atoms with Gasteiger partial charge in [0.2, 0.25) is 0 Å². The normalized spacial score (nSPS) is 15.5. The summed E-state index contributed by atoms with van der Waals surface area (Å²) < 4.78 is 5.13. The van der Waals surface area contributed by atoms with Crippen LogP contribution in [0.5, 0.6) is 0 Å². The number of esters is 1. The molecule has 0 N–H and O–H groups in total. The Morgan fingerprint density at radius 2 is 2.50 bits per heavy atom. The molecule has 1 aromatic heterocycles. The molecular formula is C10H13NO2S. The van der Waals surface area contributed by atoms with Gasteiger partial charge >= 0.3 is 5.97 Å². The number of rotatable bonds is 4. The van der Waals surface area contributed by atoms with E-state index >= 15 is 0 Å². The Morgan fingerprint density at radius 1 is 1.71 bits per heavy atom. The van der Waals surface area contributed by atoms with Crippen LogP contribution in [0.2, 0.25) is 0 Å². The predicted octanol–water partition coefficient (Wildman–Crippen LogP) is 1.95. The SMILES string of the molecule is Cc1ncsc1CCOC(=O)C1CC1. The number of aryl methyl sites for hydroxylation is 1. The number of ether oxygens (including phenoxy) is 1. The number of hydrogen-bond acceptors (Lipinski definition) is 4. The maximum atomic E-state index is 11.2. The second-order valence-corrected chi connectivity index (χ2v) is 4.49. The molecule has 1 aliphatic rings. The predicted molar refractivity (Wildman–Crippen MR) is 54.2 cm³/mol. The second kappa shape index (κ2) is 4.09. The molecule has 1 aliphatic carbocycles. The van der Waals surface area contributed by atoms with Gasteiger partial charge in [-0.25, -0.2) is 4.98 Å². The molecule has 3 nitrogen and oxygen atoms in total. The van der Waals surface area contributed by atoms with Gasteiger partial charge in [0.1, 0.15) is 0 Å². The first kappa shape index (κ1) is 9.65. The Balaban J connectivity index is 1.72. The summed E-state index contributed by atoms with van der Waals surface area (Å²) in [5.74, 6) is 0.185. The summed E-state index contributed by atoms with van der Waals surface area (Å²) in [6, 6.07) is 0. The third-order valence-electron chi connectivity index (χ3n) is 2.33. The van der Waals surface area contributed by atoms with Crippen LogP contribution < -0.4 is 0 Å². The van der Waals surface area contributed by atoms with E-state index in [0.717, 1.165) is 25.0 Å². The van der Waals surface area contributed by atoms with Crippen LogP contribution >= 0.6 is 11.3 Å².